The van der Waals surface area contributed by atoms with E-state index >= 15 is 0 Å². The summed E-state index contributed by atoms with van der Waals surface area (Å²) < 4.78 is 4.46. The summed E-state index contributed by atoms with van der Waals surface area (Å²) in [7, 11) is 0. The zero-order chi connectivity index (χ0) is 14.7. The van der Waals surface area contributed by atoms with Crippen LogP contribution in [0.1, 0.15) is 27.2 Å². The second-order valence-corrected chi connectivity index (χ2v) is 4.21. The molecule has 0 rings (SSSR count). The van der Waals surface area contributed by atoms with E-state index in [9.17, 15) is 9.59 Å². The SMILES string of the molecule is C=C(C)C(=O)OCCO.CC(C)CC(N)C(=O)O. The fraction of sp³-hybridized carbons (Fsp3) is 0.667. The molecule has 0 aliphatic carbocycles. The van der Waals surface area contributed by atoms with Gasteiger partial charge in [0.15, 0.2) is 0 Å². The molecular weight excluding hydrogens is 238 g/mol. The van der Waals surface area contributed by atoms with Crippen molar-refractivity contribution in [3.05, 3.63) is 12.2 Å². The fourth-order valence-electron chi connectivity index (χ4n) is 0.870. The molecule has 6 nitrogen and oxygen atoms in total. The molecule has 0 saturated heterocycles. The first kappa shape index (κ1) is 19.0. The molecule has 0 aliphatic heterocycles. The Kier molecular flexibility index (Phi) is 11.3. The Balaban J connectivity index is 0. The Morgan fingerprint density at radius 2 is 1.89 bits per heavy atom. The number of carbonyl (C=O) groups excluding carboxylic acids is 1. The maximum atomic E-state index is 10.5. The third-order valence-electron chi connectivity index (χ3n) is 1.72. The summed E-state index contributed by atoms with van der Waals surface area (Å²) in [4.78, 5) is 20.6. The molecule has 106 valence electrons. The van der Waals surface area contributed by atoms with Crippen LogP contribution in [-0.4, -0.2) is 41.4 Å². The quantitative estimate of drug-likeness (QED) is 0.475. The molecule has 4 N–H and O–H groups in total. The molecule has 0 radical (unpaired) electrons. The van der Waals surface area contributed by atoms with Gasteiger partial charge in [-0.2, -0.15) is 0 Å². The summed E-state index contributed by atoms with van der Waals surface area (Å²) >= 11 is 0. The summed E-state index contributed by atoms with van der Waals surface area (Å²) in [6.07, 6.45) is 0.551. The van der Waals surface area contributed by atoms with Crippen LogP contribution in [-0.2, 0) is 14.3 Å². The van der Waals surface area contributed by atoms with Gasteiger partial charge in [0.05, 0.1) is 6.61 Å². The number of aliphatic hydroxyl groups is 1. The number of esters is 1. The van der Waals surface area contributed by atoms with Crippen molar-refractivity contribution in [2.75, 3.05) is 13.2 Å². The molecule has 0 aromatic heterocycles. The topological polar surface area (TPSA) is 110 Å². The Labute approximate surface area is 107 Å². The Morgan fingerprint density at radius 1 is 1.39 bits per heavy atom. The van der Waals surface area contributed by atoms with Gasteiger partial charge in [0.1, 0.15) is 12.6 Å². The first-order valence-electron chi connectivity index (χ1n) is 5.64. The van der Waals surface area contributed by atoms with E-state index in [1.165, 1.54) is 0 Å². The minimum absolute atomic E-state index is 0.0473. The summed E-state index contributed by atoms with van der Waals surface area (Å²) in [5.41, 5.74) is 5.57. The first-order chi connectivity index (χ1) is 8.22. The molecule has 0 aromatic rings. The smallest absolute Gasteiger partial charge is 0.333 e. The second kappa shape index (κ2) is 10.7. The number of carbonyl (C=O) groups is 2. The van der Waals surface area contributed by atoms with Gasteiger partial charge in [0, 0.05) is 5.57 Å². The van der Waals surface area contributed by atoms with E-state index < -0.39 is 18.0 Å². The van der Waals surface area contributed by atoms with Crippen molar-refractivity contribution >= 4 is 11.9 Å². The second-order valence-electron chi connectivity index (χ2n) is 4.21. The zero-order valence-corrected chi connectivity index (χ0v) is 11.2. The van der Waals surface area contributed by atoms with Gasteiger partial charge in [-0.15, -0.1) is 0 Å². The van der Waals surface area contributed by atoms with Crippen molar-refractivity contribution in [2.45, 2.75) is 33.2 Å². The van der Waals surface area contributed by atoms with E-state index in [0.29, 0.717) is 17.9 Å². The van der Waals surface area contributed by atoms with Gasteiger partial charge in [-0.3, -0.25) is 4.79 Å². The number of ether oxygens (including phenoxy) is 1. The van der Waals surface area contributed by atoms with Crippen LogP contribution in [0.2, 0.25) is 0 Å². The summed E-state index contributed by atoms with van der Waals surface area (Å²) in [6.45, 7) is 8.71. The van der Waals surface area contributed by atoms with Gasteiger partial charge in [0.2, 0.25) is 0 Å². The maximum Gasteiger partial charge on any atom is 0.333 e. The first-order valence-corrected chi connectivity index (χ1v) is 5.64. The highest BCUT2D eigenvalue weighted by Crippen LogP contribution is 2.01. The average molecular weight is 261 g/mol. The van der Waals surface area contributed by atoms with Crippen molar-refractivity contribution in [3.8, 4) is 0 Å². The molecule has 1 atom stereocenters. The predicted molar refractivity (Wildman–Crippen MR) is 67.9 cm³/mol. The van der Waals surface area contributed by atoms with Crippen LogP contribution < -0.4 is 5.73 Å². The van der Waals surface area contributed by atoms with Gasteiger partial charge >= 0.3 is 11.9 Å². The lowest BCUT2D eigenvalue weighted by molar-refractivity contribution is -0.140. The highest BCUT2D eigenvalue weighted by molar-refractivity contribution is 5.86. The zero-order valence-electron chi connectivity index (χ0n) is 11.2. The molecule has 18 heavy (non-hydrogen) atoms. The average Bonchev–Trinajstić information content (AvgIpc) is 2.25. The normalized spacial score (nSPS) is 11.2. The molecule has 1 unspecified atom stereocenters. The van der Waals surface area contributed by atoms with Crippen molar-refractivity contribution in [1.82, 2.24) is 0 Å². The minimum atomic E-state index is -0.913. The van der Waals surface area contributed by atoms with Crippen molar-refractivity contribution in [3.63, 3.8) is 0 Å². The number of aliphatic hydroxyl groups excluding tert-OH is 1. The van der Waals surface area contributed by atoms with E-state index in [1.807, 2.05) is 13.8 Å². The standard InChI is InChI=1S/C6H13NO2.C6H10O3/c1-4(2)3-5(7)6(8)9;1-5(2)6(8)9-4-3-7/h4-5H,3,7H2,1-2H3,(H,8,9);7H,1,3-4H2,2H3. The Hall–Kier alpha value is -1.40. The lowest BCUT2D eigenvalue weighted by Crippen LogP contribution is -2.31. The number of hydrogen-bond acceptors (Lipinski definition) is 5. The molecule has 0 saturated carbocycles. The molecule has 0 spiro atoms. The molecule has 0 aliphatic rings. The van der Waals surface area contributed by atoms with Crippen LogP contribution >= 0.6 is 0 Å². The van der Waals surface area contributed by atoms with Crippen molar-refractivity contribution in [2.24, 2.45) is 11.7 Å². The largest absolute Gasteiger partial charge is 0.480 e. The molecule has 6 heteroatoms. The summed E-state index contributed by atoms with van der Waals surface area (Å²) in [5, 5.41) is 16.5. The number of carboxylic acids is 1. The van der Waals surface area contributed by atoms with Crippen LogP contribution in [0.25, 0.3) is 0 Å². The third-order valence-corrected chi connectivity index (χ3v) is 1.72. The maximum absolute atomic E-state index is 10.5. The van der Waals surface area contributed by atoms with Crippen LogP contribution in [0.5, 0.6) is 0 Å². The highest BCUT2D eigenvalue weighted by atomic mass is 16.5. The molecule has 0 fully saturated rings. The number of nitrogens with two attached hydrogens (primary N) is 1. The van der Waals surface area contributed by atoms with Gasteiger partial charge in [-0.25, -0.2) is 4.79 Å². The molecule has 0 aromatic carbocycles. The third kappa shape index (κ3) is 12.7. The molecule has 0 amide bonds. The predicted octanol–water partition coefficient (Wildman–Crippen LogP) is 0.542. The van der Waals surface area contributed by atoms with Crippen LogP contribution in [0, 0.1) is 5.92 Å². The number of aliphatic carboxylic acids is 1. The van der Waals surface area contributed by atoms with Gasteiger partial charge in [-0.05, 0) is 19.3 Å². The highest BCUT2D eigenvalue weighted by Gasteiger charge is 2.11. The van der Waals surface area contributed by atoms with Gasteiger partial charge < -0.3 is 20.7 Å². The van der Waals surface area contributed by atoms with Crippen molar-refractivity contribution < 1.29 is 24.5 Å². The number of carboxylic acid groups (broad SMARTS) is 1. The fourth-order valence-corrected chi connectivity index (χ4v) is 0.870. The summed E-state index contributed by atoms with van der Waals surface area (Å²) in [5.74, 6) is -1.01. The van der Waals surface area contributed by atoms with E-state index in [1.54, 1.807) is 6.92 Å². The van der Waals surface area contributed by atoms with Crippen LogP contribution in [0.3, 0.4) is 0 Å². The molecule has 0 bridgehead atoms. The van der Waals surface area contributed by atoms with E-state index in [2.05, 4.69) is 11.3 Å². The molecular formula is C12H23NO5. The molecule has 0 heterocycles. The van der Waals surface area contributed by atoms with Crippen LogP contribution in [0.4, 0.5) is 0 Å². The van der Waals surface area contributed by atoms with E-state index in [-0.39, 0.29) is 13.2 Å². The Bertz CT molecular complexity index is 276. The number of hydrogen-bond donors (Lipinski definition) is 3. The van der Waals surface area contributed by atoms with Crippen molar-refractivity contribution in [1.29, 1.82) is 0 Å². The van der Waals surface area contributed by atoms with E-state index in [4.69, 9.17) is 15.9 Å². The van der Waals surface area contributed by atoms with Crippen LogP contribution in [0.15, 0.2) is 12.2 Å². The summed E-state index contributed by atoms with van der Waals surface area (Å²) in [6, 6.07) is -0.690. The monoisotopic (exact) mass is 261 g/mol. The van der Waals surface area contributed by atoms with Gasteiger partial charge in [-0.1, -0.05) is 20.4 Å². The van der Waals surface area contributed by atoms with E-state index in [0.717, 1.165) is 0 Å². The number of rotatable bonds is 6. The lowest BCUT2D eigenvalue weighted by Gasteiger charge is -2.07. The Morgan fingerprint density at radius 3 is 2.11 bits per heavy atom. The minimum Gasteiger partial charge on any atom is -0.480 e. The van der Waals surface area contributed by atoms with Gasteiger partial charge in [0.25, 0.3) is 0 Å². The lowest BCUT2D eigenvalue weighted by atomic mass is 10.1.